The number of nitrogens with one attached hydrogen (secondary N) is 2. The highest BCUT2D eigenvalue weighted by atomic mass is 16.5. The first-order chi connectivity index (χ1) is 14.7. The maximum absolute atomic E-state index is 5.36. The Hall–Kier alpha value is -1.82. The summed E-state index contributed by atoms with van der Waals surface area (Å²) < 4.78 is 5.36. The number of aliphatic imine (C=N–C) groups is 1. The van der Waals surface area contributed by atoms with Gasteiger partial charge in [0.05, 0.1) is 6.54 Å². The second kappa shape index (κ2) is 12.1. The number of rotatable bonds is 9. The number of aromatic nitrogens is 1. The van der Waals surface area contributed by atoms with Gasteiger partial charge in [-0.15, -0.1) is 0 Å². The molecule has 1 aromatic heterocycles. The average molecular weight is 416 g/mol. The lowest BCUT2D eigenvalue weighted by atomic mass is 9.83. The first-order valence-corrected chi connectivity index (χ1v) is 12.0. The molecule has 3 rings (SSSR count). The van der Waals surface area contributed by atoms with Gasteiger partial charge in [0.25, 0.3) is 0 Å². The van der Waals surface area contributed by atoms with Crippen molar-refractivity contribution in [2.75, 3.05) is 44.8 Å². The third kappa shape index (κ3) is 6.86. The Kier molecular flexibility index (Phi) is 9.25. The van der Waals surface area contributed by atoms with Crippen LogP contribution in [0.2, 0.25) is 0 Å². The molecule has 30 heavy (non-hydrogen) atoms. The molecule has 1 saturated carbocycles. The van der Waals surface area contributed by atoms with Crippen LogP contribution in [0, 0.1) is 5.41 Å². The summed E-state index contributed by atoms with van der Waals surface area (Å²) in [5.74, 6) is 2.01. The van der Waals surface area contributed by atoms with Gasteiger partial charge in [-0.1, -0.05) is 31.7 Å². The molecule has 0 atom stereocenters. The topological polar surface area (TPSA) is 61.8 Å². The fraction of sp³-hybridized carbons (Fsp3) is 0.750. The molecule has 1 aliphatic heterocycles. The monoisotopic (exact) mass is 415 g/mol. The van der Waals surface area contributed by atoms with Gasteiger partial charge >= 0.3 is 0 Å². The minimum Gasteiger partial charge on any atom is -0.385 e. The summed E-state index contributed by atoms with van der Waals surface area (Å²) in [7, 11) is 1.80. The van der Waals surface area contributed by atoms with Crippen LogP contribution in [0.15, 0.2) is 23.3 Å². The molecule has 2 fully saturated rings. The van der Waals surface area contributed by atoms with Gasteiger partial charge in [0.15, 0.2) is 5.96 Å². The molecule has 6 heteroatoms. The lowest BCUT2D eigenvalue weighted by Crippen LogP contribution is -2.43. The SMILES string of the molecule is CCNC(=NCc1ccc(N2CCCCCC2)nc1)NCC1(CCOC)CCCC1. The number of hydrogen-bond acceptors (Lipinski definition) is 4. The highest BCUT2D eigenvalue weighted by Gasteiger charge is 2.33. The predicted molar refractivity (Wildman–Crippen MR) is 125 cm³/mol. The summed E-state index contributed by atoms with van der Waals surface area (Å²) in [5.41, 5.74) is 1.50. The van der Waals surface area contributed by atoms with E-state index in [0.29, 0.717) is 12.0 Å². The van der Waals surface area contributed by atoms with Crippen LogP contribution in [0.5, 0.6) is 0 Å². The molecule has 1 aromatic rings. The highest BCUT2D eigenvalue weighted by molar-refractivity contribution is 5.79. The molecule has 0 spiro atoms. The van der Waals surface area contributed by atoms with Crippen molar-refractivity contribution in [2.24, 2.45) is 10.4 Å². The van der Waals surface area contributed by atoms with Crippen molar-refractivity contribution >= 4 is 11.8 Å². The maximum atomic E-state index is 5.36. The molecule has 0 radical (unpaired) electrons. The Balaban J connectivity index is 1.55. The van der Waals surface area contributed by atoms with Crippen LogP contribution < -0.4 is 15.5 Å². The number of anilines is 1. The van der Waals surface area contributed by atoms with Crippen molar-refractivity contribution in [3.8, 4) is 0 Å². The minimum absolute atomic E-state index is 0.350. The van der Waals surface area contributed by atoms with Crippen LogP contribution >= 0.6 is 0 Å². The first-order valence-electron chi connectivity index (χ1n) is 12.0. The summed E-state index contributed by atoms with van der Waals surface area (Å²) >= 11 is 0. The molecule has 2 heterocycles. The van der Waals surface area contributed by atoms with E-state index in [9.17, 15) is 0 Å². The molecule has 2 aliphatic rings. The van der Waals surface area contributed by atoms with Crippen LogP contribution in [0.25, 0.3) is 0 Å². The van der Waals surface area contributed by atoms with Gasteiger partial charge in [-0.3, -0.25) is 0 Å². The number of nitrogens with zero attached hydrogens (tertiary/aromatic N) is 3. The molecule has 0 aromatic carbocycles. The zero-order valence-electron chi connectivity index (χ0n) is 19.1. The van der Waals surface area contributed by atoms with Crippen LogP contribution in [0.3, 0.4) is 0 Å². The fourth-order valence-corrected chi connectivity index (χ4v) is 4.74. The highest BCUT2D eigenvalue weighted by Crippen LogP contribution is 2.40. The zero-order valence-corrected chi connectivity index (χ0v) is 19.1. The maximum Gasteiger partial charge on any atom is 0.191 e. The third-order valence-corrected chi connectivity index (χ3v) is 6.63. The van der Waals surface area contributed by atoms with Crippen LogP contribution in [0.4, 0.5) is 5.82 Å². The Morgan fingerprint density at radius 2 is 1.87 bits per heavy atom. The van der Waals surface area contributed by atoms with Gasteiger partial charge in [0, 0.05) is 46.1 Å². The molecule has 1 aliphatic carbocycles. The standard InChI is InChI=1S/C24H41N5O/c1-3-25-23(28-20-24(14-17-30-2)12-6-7-13-24)27-19-21-10-11-22(26-18-21)29-15-8-4-5-9-16-29/h10-11,18H,3-9,12-17,19-20H2,1-2H3,(H2,25,27,28). The number of methoxy groups -OCH3 is 1. The minimum atomic E-state index is 0.350. The van der Waals surface area contributed by atoms with Crippen molar-refractivity contribution < 1.29 is 4.74 Å². The summed E-state index contributed by atoms with van der Waals surface area (Å²) in [6.07, 6.45) is 13.6. The number of hydrogen-bond donors (Lipinski definition) is 2. The molecular formula is C24H41N5O. The van der Waals surface area contributed by atoms with E-state index in [1.807, 2.05) is 6.20 Å². The van der Waals surface area contributed by atoms with Crippen LogP contribution in [-0.4, -0.2) is 50.8 Å². The van der Waals surface area contributed by atoms with E-state index in [2.05, 4.69) is 34.6 Å². The zero-order chi connectivity index (χ0) is 21.1. The quantitative estimate of drug-likeness (QED) is 0.469. The number of ether oxygens (including phenoxy) is 1. The fourth-order valence-electron chi connectivity index (χ4n) is 4.74. The van der Waals surface area contributed by atoms with Gasteiger partial charge in [0.1, 0.15) is 5.82 Å². The van der Waals surface area contributed by atoms with E-state index in [1.165, 1.54) is 51.4 Å². The largest absolute Gasteiger partial charge is 0.385 e. The van der Waals surface area contributed by atoms with E-state index in [-0.39, 0.29) is 0 Å². The molecule has 0 bridgehead atoms. The normalized spacial score (nSPS) is 19.5. The summed E-state index contributed by atoms with van der Waals surface area (Å²) in [4.78, 5) is 12.0. The average Bonchev–Trinajstić information content (AvgIpc) is 3.07. The lowest BCUT2D eigenvalue weighted by molar-refractivity contribution is 0.138. The predicted octanol–water partition coefficient (Wildman–Crippen LogP) is 4.11. The van der Waals surface area contributed by atoms with E-state index < -0.39 is 0 Å². The van der Waals surface area contributed by atoms with Crippen molar-refractivity contribution in [2.45, 2.75) is 71.3 Å². The molecule has 0 unspecified atom stereocenters. The van der Waals surface area contributed by atoms with Gasteiger partial charge in [0.2, 0.25) is 0 Å². The number of guanidine groups is 1. The second-order valence-corrected chi connectivity index (χ2v) is 8.92. The Labute approximate surface area is 182 Å². The molecule has 6 nitrogen and oxygen atoms in total. The van der Waals surface area contributed by atoms with Gasteiger partial charge < -0.3 is 20.3 Å². The molecule has 2 N–H and O–H groups in total. The van der Waals surface area contributed by atoms with Crippen LogP contribution in [-0.2, 0) is 11.3 Å². The van der Waals surface area contributed by atoms with Crippen molar-refractivity contribution in [1.29, 1.82) is 0 Å². The second-order valence-electron chi connectivity index (χ2n) is 8.92. The smallest absolute Gasteiger partial charge is 0.191 e. The van der Waals surface area contributed by atoms with E-state index in [0.717, 1.165) is 56.5 Å². The van der Waals surface area contributed by atoms with E-state index >= 15 is 0 Å². The Morgan fingerprint density at radius 1 is 1.10 bits per heavy atom. The van der Waals surface area contributed by atoms with E-state index in [4.69, 9.17) is 14.7 Å². The summed E-state index contributed by atoms with van der Waals surface area (Å²) in [5, 5.41) is 7.01. The van der Waals surface area contributed by atoms with Crippen LogP contribution in [0.1, 0.15) is 70.3 Å². The molecular weight excluding hydrogens is 374 g/mol. The first kappa shape index (κ1) is 22.9. The van der Waals surface area contributed by atoms with Gasteiger partial charge in [-0.25, -0.2) is 9.98 Å². The van der Waals surface area contributed by atoms with E-state index in [1.54, 1.807) is 7.11 Å². The summed E-state index contributed by atoms with van der Waals surface area (Å²) in [6, 6.07) is 4.34. The van der Waals surface area contributed by atoms with Crippen molar-refractivity contribution in [3.05, 3.63) is 23.9 Å². The van der Waals surface area contributed by atoms with Crippen molar-refractivity contribution in [1.82, 2.24) is 15.6 Å². The van der Waals surface area contributed by atoms with Gasteiger partial charge in [-0.2, -0.15) is 0 Å². The molecule has 168 valence electrons. The number of pyridine rings is 1. The lowest BCUT2D eigenvalue weighted by Gasteiger charge is -2.30. The van der Waals surface area contributed by atoms with Gasteiger partial charge in [-0.05, 0) is 56.1 Å². The third-order valence-electron chi connectivity index (χ3n) is 6.63. The summed E-state index contributed by atoms with van der Waals surface area (Å²) in [6.45, 7) is 7.69. The molecule has 1 saturated heterocycles. The Bertz CT molecular complexity index is 632. The van der Waals surface area contributed by atoms with Crippen molar-refractivity contribution in [3.63, 3.8) is 0 Å². The Morgan fingerprint density at radius 3 is 2.50 bits per heavy atom. The molecule has 0 amide bonds.